The van der Waals surface area contributed by atoms with Gasteiger partial charge in [0, 0.05) is 11.4 Å². The van der Waals surface area contributed by atoms with Crippen molar-refractivity contribution in [2.24, 2.45) is 5.14 Å². The molecule has 6 N–H and O–H groups in total. The Bertz CT molecular complexity index is 786. The van der Waals surface area contributed by atoms with Crippen LogP contribution >= 0.6 is 0 Å². The minimum Gasteiger partial charge on any atom is -0.508 e. The topological polar surface area (TPSA) is 136 Å². The SMILES string of the molecule is Nc1ccc(O)cc1C(=O)Nc1ccc(S(N)(=O)=O)cc1. The molecule has 2 aromatic carbocycles. The van der Waals surface area contributed by atoms with Gasteiger partial charge in [-0.25, -0.2) is 13.6 Å². The van der Waals surface area contributed by atoms with Gasteiger partial charge in [0.05, 0.1) is 10.5 Å². The number of nitrogen functional groups attached to an aromatic ring is 1. The maximum atomic E-state index is 12.0. The van der Waals surface area contributed by atoms with E-state index >= 15 is 0 Å². The number of nitrogens with two attached hydrogens (primary N) is 2. The number of rotatable bonds is 3. The number of primary sulfonamides is 1. The Morgan fingerprint density at radius 1 is 1.10 bits per heavy atom. The molecule has 0 aromatic heterocycles. The summed E-state index contributed by atoms with van der Waals surface area (Å²) in [7, 11) is -3.78. The predicted octanol–water partition coefficient (Wildman–Crippen LogP) is 0.874. The number of carbonyl (C=O) groups is 1. The van der Waals surface area contributed by atoms with Gasteiger partial charge in [0.1, 0.15) is 5.75 Å². The molecule has 0 spiro atoms. The third kappa shape index (κ3) is 3.50. The van der Waals surface area contributed by atoms with Crippen LogP contribution < -0.4 is 16.2 Å². The third-order valence-corrected chi connectivity index (χ3v) is 3.65. The van der Waals surface area contributed by atoms with Crippen LogP contribution in [0.15, 0.2) is 47.4 Å². The smallest absolute Gasteiger partial charge is 0.257 e. The lowest BCUT2D eigenvalue weighted by atomic mass is 10.1. The van der Waals surface area contributed by atoms with E-state index in [0.29, 0.717) is 5.69 Å². The Labute approximate surface area is 121 Å². The lowest BCUT2D eigenvalue weighted by Gasteiger charge is -2.08. The van der Waals surface area contributed by atoms with Gasteiger partial charge in [0.2, 0.25) is 10.0 Å². The first kappa shape index (κ1) is 14.8. The number of benzene rings is 2. The van der Waals surface area contributed by atoms with E-state index < -0.39 is 15.9 Å². The van der Waals surface area contributed by atoms with Crippen molar-refractivity contribution in [2.45, 2.75) is 4.90 Å². The van der Waals surface area contributed by atoms with E-state index in [0.717, 1.165) is 0 Å². The molecule has 0 aliphatic carbocycles. The highest BCUT2D eigenvalue weighted by molar-refractivity contribution is 7.89. The number of phenolic OH excluding ortho intramolecular Hbond substituents is 1. The number of phenols is 1. The monoisotopic (exact) mass is 307 g/mol. The summed E-state index contributed by atoms with van der Waals surface area (Å²) < 4.78 is 22.2. The minimum absolute atomic E-state index is 0.0580. The average Bonchev–Trinajstić information content (AvgIpc) is 2.41. The second kappa shape index (κ2) is 5.43. The number of carbonyl (C=O) groups excluding carboxylic acids is 1. The van der Waals surface area contributed by atoms with Crippen LogP contribution in [0.25, 0.3) is 0 Å². The van der Waals surface area contributed by atoms with E-state index in [4.69, 9.17) is 10.9 Å². The molecular formula is C13H13N3O4S. The van der Waals surface area contributed by atoms with Crippen molar-refractivity contribution >= 4 is 27.3 Å². The third-order valence-electron chi connectivity index (χ3n) is 2.72. The normalized spacial score (nSPS) is 11.1. The van der Waals surface area contributed by atoms with Crippen molar-refractivity contribution in [3.05, 3.63) is 48.0 Å². The molecule has 0 aliphatic rings. The van der Waals surface area contributed by atoms with Crippen molar-refractivity contribution in [3.63, 3.8) is 0 Å². The van der Waals surface area contributed by atoms with Gasteiger partial charge in [-0.3, -0.25) is 4.79 Å². The van der Waals surface area contributed by atoms with E-state index in [1.807, 2.05) is 0 Å². The average molecular weight is 307 g/mol. The largest absolute Gasteiger partial charge is 0.508 e. The van der Waals surface area contributed by atoms with Crippen molar-refractivity contribution in [2.75, 3.05) is 11.1 Å². The highest BCUT2D eigenvalue weighted by Crippen LogP contribution is 2.20. The van der Waals surface area contributed by atoms with Gasteiger partial charge in [-0.05, 0) is 42.5 Å². The summed E-state index contributed by atoms with van der Waals surface area (Å²) in [6.45, 7) is 0. The van der Waals surface area contributed by atoms with Crippen LogP contribution in [0.2, 0.25) is 0 Å². The minimum atomic E-state index is -3.78. The van der Waals surface area contributed by atoms with Crippen LogP contribution in [-0.4, -0.2) is 19.4 Å². The zero-order valence-corrected chi connectivity index (χ0v) is 11.6. The fourth-order valence-electron chi connectivity index (χ4n) is 1.67. The van der Waals surface area contributed by atoms with Crippen molar-refractivity contribution < 1.29 is 18.3 Å². The van der Waals surface area contributed by atoms with Gasteiger partial charge in [-0.15, -0.1) is 0 Å². The Hall–Kier alpha value is -2.58. The summed E-state index contributed by atoms with van der Waals surface area (Å²) in [6.07, 6.45) is 0. The molecule has 7 nitrogen and oxygen atoms in total. The number of aromatic hydroxyl groups is 1. The molecule has 2 rings (SSSR count). The van der Waals surface area contributed by atoms with Crippen molar-refractivity contribution in [3.8, 4) is 5.75 Å². The fourth-order valence-corrected chi connectivity index (χ4v) is 2.18. The molecule has 0 saturated carbocycles. The molecule has 21 heavy (non-hydrogen) atoms. The van der Waals surface area contributed by atoms with Gasteiger partial charge in [-0.1, -0.05) is 0 Å². The summed E-state index contributed by atoms with van der Waals surface area (Å²) in [6, 6.07) is 9.37. The van der Waals surface area contributed by atoms with E-state index in [1.54, 1.807) is 0 Å². The zero-order valence-electron chi connectivity index (χ0n) is 10.8. The fraction of sp³-hybridized carbons (Fsp3) is 0. The molecule has 1 amide bonds. The van der Waals surface area contributed by atoms with Gasteiger partial charge < -0.3 is 16.2 Å². The van der Waals surface area contributed by atoms with E-state index in [1.165, 1.54) is 42.5 Å². The van der Waals surface area contributed by atoms with Crippen molar-refractivity contribution in [1.29, 1.82) is 0 Å². The number of hydrogen-bond donors (Lipinski definition) is 4. The number of anilines is 2. The molecule has 2 aromatic rings. The van der Waals surface area contributed by atoms with Crippen LogP contribution in [0.4, 0.5) is 11.4 Å². The highest BCUT2D eigenvalue weighted by Gasteiger charge is 2.12. The van der Waals surface area contributed by atoms with Gasteiger partial charge in [0.15, 0.2) is 0 Å². The van der Waals surface area contributed by atoms with Gasteiger partial charge in [0.25, 0.3) is 5.91 Å². The first-order chi connectivity index (χ1) is 9.77. The van der Waals surface area contributed by atoms with Gasteiger partial charge in [-0.2, -0.15) is 0 Å². The first-order valence-electron chi connectivity index (χ1n) is 5.80. The standard InChI is InChI=1S/C13H13N3O4S/c14-12-6-3-9(17)7-11(12)13(18)16-8-1-4-10(5-2-8)21(15,19)20/h1-7,17H,14H2,(H,16,18)(H2,15,19,20). The maximum absolute atomic E-state index is 12.0. The Morgan fingerprint density at radius 2 is 1.71 bits per heavy atom. The highest BCUT2D eigenvalue weighted by atomic mass is 32.2. The molecule has 0 heterocycles. The molecule has 0 unspecified atom stereocenters. The molecular weight excluding hydrogens is 294 g/mol. The summed E-state index contributed by atoms with van der Waals surface area (Å²) in [4.78, 5) is 12.0. The Kier molecular flexibility index (Phi) is 3.83. The summed E-state index contributed by atoms with van der Waals surface area (Å²) >= 11 is 0. The molecule has 0 bridgehead atoms. The quantitative estimate of drug-likeness (QED) is 0.493. The molecule has 0 radical (unpaired) electrons. The molecule has 0 aliphatic heterocycles. The lowest BCUT2D eigenvalue weighted by Crippen LogP contribution is -2.15. The summed E-state index contributed by atoms with van der Waals surface area (Å²) in [5.41, 5.74) is 6.36. The lowest BCUT2D eigenvalue weighted by molar-refractivity contribution is 0.102. The van der Waals surface area contributed by atoms with Crippen molar-refractivity contribution in [1.82, 2.24) is 0 Å². The second-order valence-corrected chi connectivity index (χ2v) is 5.86. The molecule has 8 heteroatoms. The Morgan fingerprint density at radius 3 is 2.29 bits per heavy atom. The van der Waals surface area contributed by atoms with E-state index in [9.17, 15) is 18.3 Å². The number of sulfonamides is 1. The molecule has 0 saturated heterocycles. The summed E-state index contributed by atoms with van der Waals surface area (Å²) in [5, 5.41) is 16.9. The van der Waals surface area contributed by atoms with Crippen LogP contribution in [0, 0.1) is 0 Å². The summed E-state index contributed by atoms with van der Waals surface area (Å²) in [5.74, 6) is -0.606. The Balaban J connectivity index is 2.22. The van der Waals surface area contributed by atoms with Crippen LogP contribution in [0.5, 0.6) is 5.75 Å². The first-order valence-corrected chi connectivity index (χ1v) is 7.35. The van der Waals surface area contributed by atoms with Crippen LogP contribution in [0.3, 0.4) is 0 Å². The zero-order chi connectivity index (χ0) is 15.6. The molecule has 0 atom stereocenters. The number of amides is 1. The number of nitrogens with one attached hydrogen (secondary N) is 1. The molecule has 110 valence electrons. The maximum Gasteiger partial charge on any atom is 0.257 e. The van der Waals surface area contributed by atoms with Crippen LogP contribution in [-0.2, 0) is 10.0 Å². The number of hydrogen-bond acceptors (Lipinski definition) is 5. The van der Waals surface area contributed by atoms with Gasteiger partial charge >= 0.3 is 0 Å². The van der Waals surface area contributed by atoms with E-state index in [2.05, 4.69) is 5.32 Å². The molecule has 0 fully saturated rings. The van der Waals surface area contributed by atoms with Crippen LogP contribution in [0.1, 0.15) is 10.4 Å². The predicted molar refractivity (Wildman–Crippen MR) is 78.3 cm³/mol. The van der Waals surface area contributed by atoms with E-state index in [-0.39, 0.29) is 21.9 Å². The second-order valence-electron chi connectivity index (χ2n) is 4.30.